The number of esters is 3. The van der Waals surface area contributed by atoms with Gasteiger partial charge in [0.2, 0.25) is 0 Å². The van der Waals surface area contributed by atoms with Gasteiger partial charge in [-0.25, -0.2) is 0 Å². The van der Waals surface area contributed by atoms with E-state index in [-0.39, 0.29) is 31.6 Å². The highest BCUT2D eigenvalue weighted by molar-refractivity contribution is 5.72. The van der Waals surface area contributed by atoms with Crippen LogP contribution in [0.2, 0.25) is 0 Å². The lowest BCUT2D eigenvalue weighted by Crippen LogP contribution is -2.30. The molecule has 0 amide bonds. The molecule has 0 saturated carbocycles. The van der Waals surface area contributed by atoms with Gasteiger partial charge in [0.05, 0.1) is 6.42 Å². The van der Waals surface area contributed by atoms with Crippen LogP contribution in [-0.2, 0) is 28.6 Å². The molecule has 1 unspecified atom stereocenters. The topological polar surface area (TPSA) is 78.9 Å². The summed E-state index contributed by atoms with van der Waals surface area (Å²) in [4.78, 5) is 38.2. The highest BCUT2D eigenvalue weighted by Crippen LogP contribution is 2.15. The molecule has 0 aromatic heterocycles. The van der Waals surface area contributed by atoms with E-state index in [1.807, 2.05) is 6.08 Å². The van der Waals surface area contributed by atoms with Gasteiger partial charge in [0.15, 0.2) is 6.10 Å². The summed E-state index contributed by atoms with van der Waals surface area (Å²) in [6, 6.07) is 0. The van der Waals surface area contributed by atoms with Crippen LogP contribution in [0.1, 0.15) is 278 Å². The smallest absolute Gasteiger partial charge is 0.309 e. The number of hydrogen-bond donors (Lipinski definition) is 0. The maximum absolute atomic E-state index is 12.9. The summed E-state index contributed by atoms with van der Waals surface area (Å²) in [5.41, 5.74) is 0. The molecular weight excluding hydrogens is 925 g/mol. The highest BCUT2D eigenvalue weighted by Gasteiger charge is 2.19. The summed E-state index contributed by atoms with van der Waals surface area (Å²) in [5.74, 6) is -1.05. The molecule has 0 aromatic rings. The van der Waals surface area contributed by atoms with Gasteiger partial charge < -0.3 is 14.2 Å². The Balaban J connectivity index is 4.45. The second kappa shape index (κ2) is 62.4. The quantitative estimate of drug-likeness (QED) is 0.0261. The summed E-state index contributed by atoms with van der Waals surface area (Å²) >= 11 is 0. The van der Waals surface area contributed by atoms with Crippen molar-refractivity contribution < 1.29 is 28.6 Å². The molecule has 6 nitrogen and oxygen atoms in total. The number of carbonyl (C=O) groups excluding carboxylic acids is 3. The Bertz CT molecular complexity index is 1570. The first-order valence-corrected chi connectivity index (χ1v) is 31.0. The van der Waals surface area contributed by atoms with E-state index in [4.69, 9.17) is 14.2 Å². The molecule has 0 N–H and O–H groups in total. The van der Waals surface area contributed by atoms with Crippen LogP contribution in [0.25, 0.3) is 0 Å². The summed E-state index contributed by atoms with van der Waals surface area (Å²) in [6.45, 7) is 6.33. The van der Waals surface area contributed by atoms with E-state index < -0.39 is 12.1 Å². The van der Waals surface area contributed by atoms with Gasteiger partial charge in [-0.3, -0.25) is 14.4 Å². The van der Waals surface area contributed by atoms with Crippen molar-refractivity contribution in [1.29, 1.82) is 0 Å². The van der Waals surface area contributed by atoms with Gasteiger partial charge in [0.25, 0.3) is 0 Å². The van der Waals surface area contributed by atoms with Crippen LogP contribution in [0.5, 0.6) is 0 Å². The normalized spacial score (nSPS) is 12.9. The molecular formula is C69H114O6. The van der Waals surface area contributed by atoms with Gasteiger partial charge in [-0.1, -0.05) is 271 Å². The molecule has 0 aliphatic heterocycles. The molecule has 0 saturated heterocycles. The van der Waals surface area contributed by atoms with Crippen molar-refractivity contribution in [2.45, 2.75) is 284 Å². The van der Waals surface area contributed by atoms with Crippen LogP contribution in [0.4, 0.5) is 0 Å². The van der Waals surface area contributed by atoms with Crippen LogP contribution < -0.4 is 0 Å². The average molecular weight is 1040 g/mol. The molecule has 0 aliphatic carbocycles. The zero-order valence-corrected chi connectivity index (χ0v) is 48.8. The maximum atomic E-state index is 12.9. The molecule has 0 heterocycles. The number of hydrogen-bond acceptors (Lipinski definition) is 6. The molecule has 6 heteroatoms. The van der Waals surface area contributed by atoms with Crippen molar-refractivity contribution >= 4 is 17.9 Å². The van der Waals surface area contributed by atoms with Crippen molar-refractivity contribution in [2.24, 2.45) is 0 Å². The largest absolute Gasteiger partial charge is 0.462 e. The Morgan fingerprint density at radius 3 is 0.947 bits per heavy atom. The molecule has 75 heavy (non-hydrogen) atoms. The average Bonchev–Trinajstić information content (AvgIpc) is 3.41. The van der Waals surface area contributed by atoms with Crippen LogP contribution in [-0.4, -0.2) is 37.2 Å². The van der Waals surface area contributed by atoms with Gasteiger partial charge in [-0.2, -0.15) is 0 Å². The minimum absolute atomic E-state index is 0.113. The lowest BCUT2D eigenvalue weighted by molar-refractivity contribution is -0.166. The van der Waals surface area contributed by atoms with Crippen LogP contribution in [0.3, 0.4) is 0 Å². The fraction of sp³-hybridized carbons (Fsp3) is 0.667. The fourth-order valence-electron chi connectivity index (χ4n) is 8.38. The molecule has 0 fully saturated rings. The molecule has 0 aromatic carbocycles. The number of allylic oxidation sites excluding steroid dienone is 19. The summed E-state index contributed by atoms with van der Waals surface area (Å²) in [5, 5.41) is 0. The monoisotopic (exact) mass is 1040 g/mol. The van der Waals surface area contributed by atoms with Gasteiger partial charge in [0, 0.05) is 12.8 Å². The molecule has 1 atom stereocenters. The predicted molar refractivity (Wildman–Crippen MR) is 325 cm³/mol. The first-order valence-electron chi connectivity index (χ1n) is 31.0. The van der Waals surface area contributed by atoms with Crippen molar-refractivity contribution in [1.82, 2.24) is 0 Å². The van der Waals surface area contributed by atoms with Gasteiger partial charge in [-0.15, -0.1) is 0 Å². The van der Waals surface area contributed by atoms with Crippen LogP contribution in [0, 0.1) is 0 Å². The van der Waals surface area contributed by atoms with E-state index in [0.717, 1.165) is 96.3 Å². The van der Waals surface area contributed by atoms with Crippen molar-refractivity contribution in [2.75, 3.05) is 13.2 Å². The molecule has 426 valence electrons. The number of ether oxygens (including phenoxy) is 3. The number of rotatable bonds is 55. The lowest BCUT2D eigenvalue weighted by atomic mass is 10.1. The third-order valence-electron chi connectivity index (χ3n) is 13.0. The third-order valence-corrected chi connectivity index (χ3v) is 13.0. The van der Waals surface area contributed by atoms with Crippen LogP contribution in [0.15, 0.2) is 122 Å². The second-order valence-corrected chi connectivity index (χ2v) is 20.2. The fourth-order valence-corrected chi connectivity index (χ4v) is 8.38. The Hall–Kier alpha value is -4.19. The van der Waals surface area contributed by atoms with E-state index in [9.17, 15) is 14.4 Å². The Labute approximate surface area is 462 Å². The summed E-state index contributed by atoms with van der Waals surface area (Å²) in [6.07, 6.45) is 86.5. The number of unbranched alkanes of at least 4 members (excludes halogenated alkanes) is 25. The van der Waals surface area contributed by atoms with E-state index in [2.05, 4.69) is 130 Å². The third kappa shape index (κ3) is 60.6. The minimum Gasteiger partial charge on any atom is -0.462 e. The van der Waals surface area contributed by atoms with Gasteiger partial charge >= 0.3 is 17.9 Å². The Kier molecular flexibility index (Phi) is 58.9. The van der Waals surface area contributed by atoms with E-state index in [1.165, 1.54) is 141 Å². The summed E-state index contributed by atoms with van der Waals surface area (Å²) in [7, 11) is 0. The van der Waals surface area contributed by atoms with Gasteiger partial charge in [-0.05, 0) is 109 Å². The Morgan fingerprint density at radius 2 is 0.573 bits per heavy atom. The zero-order valence-electron chi connectivity index (χ0n) is 48.8. The first kappa shape index (κ1) is 70.8. The minimum atomic E-state index is -0.825. The molecule has 0 aliphatic rings. The van der Waals surface area contributed by atoms with E-state index in [0.29, 0.717) is 12.8 Å². The van der Waals surface area contributed by atoms with E-state index in [1.54, 1.807) is 6.08 Å². The SMILES string of the molecule is CC/C=C\C/C=C\C/C=C\C/C=C\C/C=C\CC(=O)OCC(COC(=O)CCCCCCCCCCCC/C=C\C/C=C\C/C=C\C/C=C\CC)OC(=O)CCCCCCCCCCC/C=C\CCCCCCCC. The molecule has 0 radical (unpaired) electrons. The maximum Gasteiger partial charge on any atom is 0.309 e. The summed E-state index contributed by atoms with van der Waals surface area (Å²) < 4.78 is 16.8. The number of carbonyl (C=O) groups is 3. The van der Waals surface area contributed by atoms with Crippen molar-refractivity contribution in [3.05, 3.63) is 122 Å². The standard InChI is InChI=1S/C69H114O6/c1-4-7-10-13-16-19-22-25-28-30-32-33-34-35-37-38-41-44-47-50-53-56-59-62-68(71)74-65-66(64-73-67(70)61-58-55-52-49-46-43-40-27-24-21-18-15-12-9-6-3)75-69(72)63-60-57-54-51-48-45-42-39-36-31-29-26-23-20-17-14-11-8-5-2/h7,9-10,12,16,18-19,21,25-29,32-33,40,46,49,55,58,66H,4-6,8,11,13-15,17,20,22-24,30-31,34-39,41-45,47-48,50-54,56-57,59-65H2,1-3H3/b10-7-,12-9-,19-16-,21-18-,28-25-,29-26-,33-32-,40-27-,49-46-,58-55-. The van der Waals surface area contributed by atoms with Crippen LogP contribution >= 0.6 is 0 Å². The van der Waals surface area contributed by atoms with Gasteiger partial charge in [0.1, 0.15) is 13.2 Å². The van der Waals surface area contributed by atoms with Crippen molar-refractivity contribution in [3.8, 4) is 0 Å². The molecule has 0 bridgehead atoms. The second-order valence-electron chi connectivity index (χ2n) is 20.2. The zero-order chi connectivity index (χ0) is 54.3. The first-order chi connectivity index (χ1) is 37.0. The molecule has 0 rings (SSSR count). The lowest BCUT2D eigenvalue weighted by Gasteiger charge is -2.18. The highest BCUT2D eigenvalue weighted by atomic mass is 16.6. The Morgan fingerprint density at radius 1 is 0.293 bits per heavy atom. The molecule has 0 spiro atoms. The predicted octanol–water partition coefficient (Wildman–Crippen LogP) is 21.2. The van der Waals surface area contributed by atoms with Crippen molar-refractivity contribution in [3.63, 3.8) is 0 Å². The van der Waals surface area contributed by atoms with E-state index >= 15 is 0 Å².